The molecule has 3 heterocycles. The third-order valence-corrected chi connectivity index (χ3v) is 4.97. The molecule has 1 aromatic carbocycles. The summed E-state index contributed by atoms with van der Waals surface area (Å²) in [5.41, 5.74) is 1.33. The normalized spacial score (nSPS) is 15.1. The number of piperidine rings is 1. The lowest BCUT2D eigenvalue weighted by Gasteiger charge is -2.31. The third-order valence-electron chi connectivity index (χ3n) is 4.97. The van der Waals surface area contributed by atoms with Crippen molar-refractivity contribution in [2.24, 2.45) is 5.92 Å². The second-order valence-corrected chi connectivity index (χ2v) is 6.91. The van der Waals surface area contributed by atoms with Gasteiger partial charge in [-0.25, -0.2) is 0 Å². The summed E-state index contributed by atoms with van der Waals surface area (Å²) in [6.07, 6.45) is 1.45. The average molecular weight is 383 g/mol. The summed E-state index contributed by atoms with van der Waals surface area (Å²) in [4.78, 5) is 30.8. The smallest absolute Gasteiger partial charge is 0.246 e. The van der Waals surface area contributed by atoms with Crippen molar-refractivity contribution in [3.8, 4) is 0 Å². The molecule has 0 unspecified atom stereocenters. The number of benzene rings is 1. The van der Waals surface area contributed by atoms with Crippen LogP contribution >= 0.6 is 0 Å². The number of likely N-dealkylation sites (tertiary alicyclic amines) is 1. The summed E-state index contributed by atoms with van der Waals surface area (Å²) in [6.45, 7) is 3.04. The topological polar surface area (TPSA) is 114 Å². The van der Waals surface area contributed by atoms with Crippen LogP contribution in [0.2, 0.25) is 0 Å². The highest BCUT2D eigenvalue weighted by molar-refractivity contribution is 5.86. The highest BCUT2D eigenvalue weighted by Crippen LogP contribution is 2.21. The molecule has 2 amide bonds. The Morgan fingerprint density at radius 3 is 2.71 bits per heavy atom. The molecule has 2 aromatic heterocycles. The molecule has 1 aliphatic rings. The van der Waals surface area contributed by atoms with Crippen molar-refractivity contribution >= 4 is 22.8 Å². The fourth-order valence-corrected chi connectivity index (χ4v) is 3.43. The van der Waals surface area contributed by atoms with Gasteiger partial charge in [0.2, 0.25) is 17.7 Å². The second-order valence-electron chi connectivity index (χ2n) is 6.91. The van der Waals surface area contributed by atoms with Gasteiger partial charge in [0.15, 0.2) is 11.4 Å². The van der Waals surface area contributed by atoms with Gasteiger partial charge in [-0.15, -0.1) is 0 Å². The number of aromatic nitrogens is 3. The average Bonchev–Trinajstić information content (AvgIpc) is 3.32. The van der Waals surface area contributed by atoms with Crippen LogP contribution in [0.1, 0.15) is 30.3 Å². The maximum absolute atomic E-state index is 12.6. The number of nitrogens with one attached hydrogen (secondary N) is 1. The number of carbonyl (C=O) groups is 2. The van der Waals surface area contributed by atoms with E-state index >= 15 is 0 Å². The maximum atomic E-state index is 12.6. The number of amides is 2. The zero-order valence-electron chi connectivity index (χ0n) is 15.6. The molecule has 1 saturated heterocycles. The van der Waals surface area contributed by atoms with Crippen molar-refractivity contribution in [1.82, 2.24) is 25.5 Å². The van der Waals surface area contributed by atoms with Crippen LogP contribution in [0.15, 0.2) is 33.3 Å². The van der Waals surface area contributed by atoms with E-state index < -0.39 is 0 Å². The Balaban J connectivity index is 1.27. The molecule has 0 bridgehead atoms. The van der Waals surface area contributed by atoms with E-state index in [9.17, 15) is 9.59 Å². The first-order valence-electron chi connectivity index (χ1n) is 9.28. The maximum Gasteiger partial charge on any atom is 0.246 e. The molecule has 1 fully saturated rings. The molecule has 0 saturated carbocycles. The van der Waals surface area contributed by atoms with Crippen molar-refractivity contribution in [1.29, 1.82) is 0 Å². The first-order valence-corrected chi connectivity index (χ1v) is 9.28. The fraction of sp³-hybridized carbons (Fsp3) is 0.421. The first kappa shape index (κ1) is 18.1. The summed E-state index contributed by atoms with van der Waals surface area (Å²) in [5, 5.41) is 11.4. The van der Waals surface area contributed by atoms with Gasteiger partial charge in [0, 0.05) is 24.4 Å². The minimum Gasteiger partial charge on any atom is -0.356 e. The van der Waals surface area contributed by atoms with E-state index in [4.69, 9.17) is 9.05 Å². The van der Waals surface area contributed by atoms with E-state index in [1.807, 2.05) is 24.3 Å². The largest absolute Gasteiger partial charge is 0.356 e. The van der Waals surface area contributed by atoms with Crippen LogP contribution < -0.4 is 5.32 Å². The Kier molecular flexibility index (Phi) is 5.05. The van der Waals surface area contributed by atoms with Gasteiger partial charge in [-0.05, 0) is 31.9 Å². The summed E-state index contributed by atoms with van der Waals surface area (Å²) < 4.78 is 10.2. The Labute approximate surface area is 161 Å². The molecule has 28 heavy (non-hydrogen) atoms. The summed E-state index contributed by atoms with van der Waals surface area (Å²) in [6, 6.07) is 7.49. The van der Waals surface area contributed by atoms with Crippen LogP contribution in [-0.4, -0.2) is 45.1 Å². The highest BCUT2D eigenvalue weighted by atomic mass is 16.5. The lowest BCUT2D eigenvalue weighted by atomic mass is 9.95. The fourth-order valence-electron chi connectivity index (χ4n) is 3.43. The number of nitrogens with zero attached hydrogens (tertiary/aromatic N) is 4. The van der Waals surface area contributed by atoms with Gasteiger partial charge in [-0.1, -0.05) is 22.4 Å². The molecule has 9 heteroatoms. The minimum atomic E-state index is -0.124. The third kappa shape index (κ3) is 3.88. The van der Waals surface area contributed by atoms with E-state index in [0.717, 1.165) is 5.39 Å². The molecule has 3 aromatic rings. The monoisotopic (exact) mass is 383 g/mol. The van der Waals surface area contributed by atoms with Crippen LogP contribution in [0, 0.1) is 12.8 Å². The summed E-state index contributed by atoms with van der Waals surface area (Å²) in [7, 11) is 0. The molecule has 9 nitrogen and oxygen atoms in total. The molecule has 0 aliphatic carbocycles. The van der Waals surface area contributed by atoms with Gasteiger partial charge in [0.1, 0.15) is 5.69 Å². The number of fused-ring (bicyclic) bond motifs is 1. The van der Waals surface area contributed by atoms with Gasteiger partial charge in [0.25, 0.3) is 0 Å². The Hall–Kier alpha value is -3.23. The minimum absolute atomic E-state index is 0.000698. The Morgan fingerprint density at radius 1 is 1.18 bits per heavy atom. The molecule has 0 radical (unpaired) electrons. The number of carbonyl (C=O) groups excluding carboxylic acids is 2. The molecule has 146 valence electrons. The van der Waals surface area contributed by atoms with Crippen molar-refractivity contribution in [2.75, 3.05) is 13.1 Å². The summed E-state index contributed by atoms with van der Waals surface area (Å²) >= 11 is 0. The highest BCUT2D eigenvalue weighted by Gasteiger charge is 2.28. The first-order chi connectivity index (χ1) is 13.6. The standard InChI is InChI=1S/C19H21N5O4/c1-12-21-17(28-22-12)11-20-19(26)13-6-8-24(9-7-13)18(25)10-15-14-4-2-3-5-16(14)27-23-15/h2-5,13H,6-11H2,1H3,(H,20,26). The van der Waals surface area contributed by atoms with Crippen LogP contribution in [0.4, 0.5) is 0 Å². The number of para-hydroxylation sites is 1. The van der Waals surface area contributed by atoms with Crippen molar-refractivity contribution in [3.63, 3.8) is 0 Å². The van der Waals surface area contributed by atoms with E-state index in [2.05, 4.69) is 20.6 Å². The van der Waals surface area contributed by atoms with E-state index in [-0.39, 0.29) is 30.7 Å². The molecule has 4 rings (SSSR count). The van der Waals surface area contributed by atoms with E-state index in [1.54, 1.807) is 11.8 Å². The van der Waals surface area contributed by atoms with Crippen molar-refractivity contribution in [2.45, 2.75) is 32.7 Å². The lowest BCUT2D eigenvalue weighted by Crippen LogP contribution is -2.43. The van der Waals surface area contributed by atoms with Gasteiger partial charge in [-0.3, -0.25) is 9.59 Å². The number of hydrogen-bond acceptors (Lipinski definition) is 7. The summed E-state index contributed by atoms with van der Waals surface area (Å²) in [5.74, 6) is 0.750. The predicted molar refractivity (Wildman–Crippen MR) is 97.9 cm³/mol. The number of aryl methyl sites for hydroxylation is 1. The lowest BCUT2D eigenvalue weighted by molar-refractivity contribution is -0.135. The Morgan fingerprint density at radius 2 is 1.96 bits per heavy atom. The molecule has 0 atom stereocenters. The van der Waals surface area contributed by atoms with Crippen LogP contribution in [0.5, 0.6) is 0 Å². The van der Waals surface area contributed by atoms with Gasteiger partial charge < -0.3 is 19.3 Å². The second kappa shape index (κ2) is 7.79. The molecule has 1 N–H and O–H groups in total. The van der Waals surface area contributed by atoms with Crippen molar-refractivity contribution in [3.05, 3.63) is 41.7 Å². The van der Waals surface area contributed by atoms with Crippen LogP contribution in [0.3, 0.4) is 0 Å². The number of rotatable bonds is 5. The SMILES string of the molecule is Cc1noc(CNC(=O)C2CCN(C(=O)Cc3noc4ccccc34)CC2)n1. The molecular formula is C19H21N5O4. The molecular weight excluding hydrogens is 362 g/mol. The zero-order chi connectivity index (χ0) is 19.5. The quantitative estimate of drug-likeness (QED) is 0.712. The Bertz CT molecular complexity index is 987. The van der Waals surface area contributed by atoms with Gasteiger partial charge >= 0.3 is 0 Å². The van der Waals surface area contributed by atoms with Gasteiger partial charge in [0.05, 0.1) is 13.0 Å². The van der Waals surface area contributed by atoms with Gasteiger partial charge in [-0.2, -0.15) is 4.98 Å². The van der Waals surface area contributed by atoms with Crippen LogP contribution in [-0.2, 0) is 22.6 Å². The molecule has 1 aliphatic heterocycles. The van der Waals surface area contributed by atoms with Crippen molar-refractivity contribution < 1.29 is 18.6 Å². The van der Waals surface area contributed by atoms with Crippen LogP contribution in [0.25, 0.3) is 11.0 Å². The number of hydrogen-bond donors (Lipinski definition) is 1. The van der Waals surface area contributed by atoms with E-state index in [0.29, 0.717) is 48.9 Å². The zero-order valence-corrected chi connectivity index (χ0v) is 15.6. The van der Waals surface area contributed by atoms with E-state index in [1.165, 1.54) is 0 Å². The molecule has 0 spiro atoms. The predicted octanol–water partition coefficient (Wildman–Crippen LogP) is 1.62.